The highest BCUT2D eigenvalue weighted by Gasteiger charge is 2.36. The highest BCUT2D eigenvalue weighted by molar-refractivity contribution is 6.18. The van der Waals surface area contributed by atoms with Crippen LogP contribution < -0.4 is 5.32 Å². The maximum absolute atomic E-state index is 5.97. The van der Waals surface area contributed by atoms with Crippen LogP contribution in [0.4, 0.5) is 0 Å². The van der Waals surface area contributed by atoms with Gasteiger partial charge in [0.25, 0.3) is 0 Å². The molecule has 0 aromatic heterocycles. The van der Waals surface area contributed by atoms with Crippen LogP contribution in [0, 0.1) is 0 Å². The first kappa shape index (κ1) is 10.7. The van der Waals surface area contributed by atoms with E-state index in [9.17, 15) is 0 Å². The zero-order chi connectivity index (χ0) is 10.0. The highest BCUT2D eigenvalue weighted by atomic mass is 35.5. The van der Waals surface area contributed by atoms with Gasteiger partial charge in [-0.15, -0.1) is 11.6 Å². The second-order valence-corrected chi connectivity index (χ2v) is 5.06. The zero-order valence-electron chi connectivity index (χ0n) is 8.89. The number of ether oxygens (including phenoxy) is 1. The van der Waals surface area contributed by atoms with Gasteiger partial charge in [0.15, 0.2) is 0 Å². The molecule has 0 aromatic rings. The third kappa shape index (κ3) is 2.23. The first-order valence-electron chi connectivity index (χ1n) is 5.70. The van der Waals surface area contributed by atoms with Crippen molar-refractivity contribution in [3.8, 4) is 0 Å². The predicted octanol–water partition coefficient (Wildman–Crippen LogP) is 2.30. The molecular weight excluding hydrogens is 198 g/mol. The minimum atomic E-state index is 0.247. The van der Waals surface area contributed by atoms with Crippen LogP contribution in [0.5, 0.6) is 0 Å². The number of halogens is 1. The van der Waals surface area contributed by atoms with Crippen LogP contribution in [0.25, 0.3) is 0 Å². The Morgan fingerprint density at radius 3 is 2.64 bits per heavy atom. The number of hydrogen-bond donors (Lipinski definition) is 1. The lowest BCUT2D eigenvalue weighted by molar-refractivity contribution is 0.0461. The van der Waals surface area contributed by atoms with E-state index in [0.717, 1.165) is 12.4 Å². The van der Waals surface area contributed by atoms with Crippen LogP contribution in [0.3, 0.4) is 0 Å². The Morgan fingerprint density at radius 1 is 1.43 bits per heavy atom. The van der Waals surface area contributed by atoms with Crippen molar-refractivity contribution in [1.82, 2.24) is 5.32 Å². The van der Waals surface area contributed by atoms with Crippen LogP contribution >= 0.6 is 11.6 Å². The minimum absolute atomic E-state index is 0.247. The van der Waals surface area contributed by atoms with Crippen molar-refractivity contribution < 1.29 is 4.74 Å². The number of alkyl halides is 1. The molecule has 1 saturated heterocycles. The predicted molar refractivity (Wildman–Crippen MR) is 58.9 cm³/mol. The van der Waals surface area contributed by atoms with Crippen LogP contribution in [0.2, 0.25) is 0 Å². The summed E-state index contributed by atoms with van der Waals surface area (Å²) in [5.74, 6) is 0.745. The molecule has 1 saturated carbocycles. The van der Waals surface area contributed by atoms with E-state index in [2.05, 4.69) is 12.2 Å². The number of nitrogens with one attached hydrogen (secondary N) is 1. The summed E-state index contributed by atoms with van der Waals surface area (Å²) in [6.45, 7) is 3.14. The highest BCUT2D eigenvalue weighted by Crippen LogP contribution is 2.33. The molecule has 2 aliphatic rings. The van der Waals surface area contributed by atoms with Gasteiger partial charge in [0.1, 0.15) is 0 Å². The zero-order valence-corrected chi connectivity index (χ0v) is 9.65. The van der Waals surface area contributed by atoms with Gasteiger partial charge in [-0.25, -0.2) is 0 Å². The molecule has 1 aliphatic heterocycles. The monoisotopic (exact) mass is 217 g/mol. The van der Waals surface area contributed by atoms with Gasteiger partial charge in [-0.1, -0.05) is 0 Å². The van der Waals surface area contributed by atoms with Crippen molar-refractivity contribution in [1.29, 1.82) is 0 Å². The van der Waals surface area contributed by atoms with Crippen molar-refractivity contribution in [2.24, 2.45) is 0 Å². The third-order valence-corrected chi connectivity index (χ3v) is 4.10. The fraction of sp³-hybridized carbons (Fsp3) is 1.00. The summed E-state index contributed by atoms with van der Waals surface area (Å²) >= 11 is 5.97. The molecule has 0 bridgehead atoms. The van der Waals surface area contributed by atoms with E-state index < -0.39 is 0 Å². The van der Waals surface area contributed by atoms with Crippen molar-refractivity contribution in [2.75, 3.05) is 12.4 Å². The van der Waals surface area contributed by atoms with E-state index in [1.807, 2.05) is 0 Å². The summed E-state index contributed by atoms with van der Waals surface area (Å²) < 4.78 is 5.76. The molecular formula is C11H20ClNO. The molecule has 0 spiro atoms. The Bertz CT molecular complexity index is 188. The maximum atomic E-state index is 5.97. The Balaban J connectivity index is 1.71. The molecule has 2 atom stereocenters. The summed E-state index contributed by atoms with van der Waals surface area (Å²) in [5, 5.41) is 3.59. The quantitative estimate of drug-likeness (QED) is 0.730. The number of rotatable bonds is 4. The largest absolute Gasteiger partial charge is 0.374 e. The maximum Gasteiger partial charge on any atom is 0.0704 e. The smallest absolute Gasteiger partial charge is 0.0704 e. The van der Waals surface area contributed by atoms with Gasteiger partial charge in [-0.05, 0) is 39.0 Å². The first-order chi connectivity index (χ1) is 6.74. The Kier molecular flexibility index (Phi) is 3.35. The van der Waals surface area contributed by atoms with Crippen LogP contribution in [0.15, 0.2) is 0 Å². The van der Waals surface area contributed by atoms with Crippen LogP contribution in [-0.4, -0.2) is 30.2 Å². The summed E-state index contributed by atoms with van der Waals surface area (Å²) in [6, 6.07) is 0. The van der Waals surface area contributed by atoms with E-state index in [1.54, 1.807) is 0 Å². The van der Waals surface area contributed by atoms with Crippen LogP contribution in [0.1, 0.15) is 39.0 Å². The molecule has 82 valence electrons. The second kappa shape index (κ2) is 4.38. The molecule has 2 fully saturated rings. The van der Waals surface area contributed by atoms with E-state index in [0.29, 0.717) is 12.2 Å². The second-order valence-electron chi connectivity index (χ2n) is 4.79. The standard InChI is InChI=1S/C11H20ClNO/c1-9-3-4-10(14-9)7-13-11(8-12)5-2-6-11/h9-10,13H,2-8H2,1H3. The van der Waals surface area contributed by atoms with Crippen molar-refractivity contribution in [3.63, 3.8) is 0 Å². The average molecular weight is 218 g/mol. The molecule has 3 heteroatoms. The van der Waals surface area contributed by atoms with Gasteiger partial charge in [-0.3, -0.25) is 0 Å². The summed E-state index contributed by atoms with van der Waals surface area (Å²) in [5.41, 5.74) is 0.247. The molecule has 0 amide bonds. The first-order valence-corrected chi connectivity index (χ1v) is 6.24. The molecule has 14 heavy (non-hydrogen) atoms. The Morgan fingerprint density at radius 2 is 2.21 bits per heavy atom. The van der Waals surface area contributed by atoms with Gasteiger partial charge in [0.2, 0.25) is 0 Å². The van der Waals surface area contributed by atoms with Gasteiger partial charge in [0.05, 0.1) is 12.2 Å². The lowest BCUT2D eigenvalue weighted by atomic mass is 9.78. The van der Waals surface area contributed by atoms with Crippen molar-refractivity contribution >= 4 is 11.6 Å². The van der Waals surface area contributed by atoms with Crippen molar-refractivity contribution in [2.45, 2.75) is 56.8 Å². The summed E-state index contributed by atoms with van der Waals surface area (Å²) in [4.78, 5) is 0. The number of hydrogen-bond acceptors (Lipinski definition) is 2. The summed E-state index contributed by atoms with van der Waals surface area (Å²) in [7, 11) is 0. The van der Waals surface area contributed by atoms with Crippen molar-refractivity contribution in [3.05, 3.63) is 0 Å². The molecule has 0 aromatic carbocycles. The average Bonchev–Trinajstić information content (AvgIpc) is 2.50. The fourth-order valence-corrected chi connectivity index (χ4v) is 2.69. The van der Waals surface area contributed by atoms with E-state index in [1.165, 1.54) is 32.1 Å². The minimum Gasteiger partial charge on any atom is -0.374 e. The molecule has 2 rings (SSSR count). The lowest BCUT2D eigenvalue weighted by Gasteiger charge is -2.42. The Hall–Kier alpha value is 0.210. The summed E-state index contributed by atoms with van der Waals surface area (Å²) in [6.07, 6.45) is 7.08. The van der Waals surface area contributed by atoms with Gasteiger partial charge >= 0.3 is 0 Å². The third-order valence-electron chi connectivity index (χ3n) is 3.59. The van der Waals surface area contributed by atoms with Gasteiger partial charge < -0.3 is 10.1 Å². The molecule has 2 unspecified atom stereocenters. The normalized spacial score (nSPS) is 35.6. The van der Waals surface area contributed by atoms with Gasteiger partial charge in [-0.2, -0.15) is 0 Å². The molecule has 0 radical (unpaired) electrons. The lowest BCUT2D eigenvalue weighted by Crippen LogP contribution is -2.54. The van der Waals surface area contributed by atoms with Crippen LogP contribution in [-0.2, 0) is 4.74 Å². The van der Waals surface area contributed by atoms with E-state index in [4.69, 9.17) is 16.3 Å². The SMILES string of the molecule is CC1CCC(CNC2(CCl)CCC2)O1. The topological polar surface area (TPSA) is 21.3 Å². The van der Waals surface area contributed by atoms with Gasteiger partial charge in [0, 0.05) is 18.0 Å². The molecule has 1 heterocycles. The fourth-order valence-electron chi connectivity index (χ4n) is 2.33. The molecule has 1 N–H and O–H groups in total. The van der Waals surface area contributed by atoms with E-state index in [-0.39, 0.29) is 5.54 Å². The molecule has 1 aliphatic carbocycles. The van der Waals surface area contributed by atoms with E-state index >= 15 is 0 Å². The molecule has 2 nitrogen and oxygen atoms in total. The Labute approximate surface area is 91.3 Å².